The summed E-state index contributed by atoms with van der Waals surface area (Å²) >= 11 is 0. The van der Waals surface area contributed by atoms with Crippen LogP contribution in [-0.2, 0) is 4.74 Å². The van der Waals surface area contributed by atoms with E-state index in [1.165, 1.54) is 0 Å². The fourth-order valence-electron chi connectivity index (χ4n) is 2.62. The third-order valence-corrected chi connectivity index (χ3v) is 5.48. The van der Waals surface area contributed by atoms with Crippen molar-refractivity contribution in [2.45, 2.75) is 31.0 Å². The van der Waals surface area contributed by atoms with Crippen molar-refractivity contribution < 1.29 is 14.9 Å². The number of likely N-dealkylation sites (N-methyl/N-ethyl adjacent to an activating group) is 1. The number of rotatable bonds is 4. The first-order valence-electron chi connectivity index (χ1n) is 7.70. The second-order valence-corrected chi connectivity index (χ2v) is 11.3. The summed E-state index contributed by atoms with van der Waals surface area (Å²) in [5, 5.41) is 20.6. The molecule has 0 aliphatic carbocycles. The summed E-state index contributed by atoms with van der Waals surface area (Å²) in [5.41, 5.74) is 0. The third kappa shape index (κ3) is 4.27. The highest BCUT2D eigenvalue weighted by Gasteiger charge is 2.45. The molecule has 2 aliphatic heterocycles. The molecule has 0 aromatic carbocycles. The third-order valence-electron chi connectivity index (χ3n) is 4.01. The van der Waals surface area contributed by atoms with E-state index in [0.29, 0.717) is 12.2 Å². The predicted molar refractivity (Wildman–Crippen MR) is 97.3 cm³/mol. The number of hydrogen-bond donors (Lipinski definition) is 2. The number of aliphatic imine (C=N–C) groups is 1. The molecule has 2 aliphatic rings. The number of nitrogens with zero attached hydrogens (tertiary/aromatic N) is 3. The molecule has 0 spiro atoms. The molecular weight excluding hydrogens is 313 g/mol. The van der Waals surface area contributed by atoms with Crippen LogP contribution < -0.4 is 0 Å². The molecule has 7 heteroatoms. The van der Waals surface area contributed by atoms with Crippen molar-refractivity contribution in [2.24, 2.45) is 4.99 Å². The highest BCUT2D eigenvalue weighted by molar-refractivity contribution is 7.72. The van der Waals surface area contributed by atoms with E-state index >= 15 is 0 Å². The zero-order valence-corrected chi connectivity index (χ0v) is 15.3. The van der Waals surface area contributed by atoms with Crippen LogP contribution in [0.15, 0.2) is 29.7 Å². The van der Waals surface area contributed by atoms with Gasteiger partial charge in [-0.2, -0.15) is 0 Å². The van der Waals surface area contributed by atoms with Gasteiger partial charge in [0.05, 0.1) is 6.10 Å². The molecule has 1 unspecified atom stereocenters. The highest BCUT2D eigenvalue weighted by Crippen LogP contribution is 2.38. The fourth-order valence-corrected chi connectivity index (χ4v) is 3.57. The van der Waals surface area contributed by atoms with Crippen molar-refractivity contribution in [3.63, 3.8) is 0 Å². The van der Waals surface area contributed by atoms with E-state index in [4.69, 9.17) is 4.74 Å². The Kier molecular flexibility index (Phi) is 5.41. The van der Waals surface area contributed by atoms with Crippen molar-refractivity contribution >= 4 is 19.0 Å². The van der Waals surface area contributed by atoms with Crippen LogP contribution >= 0.6 is 6.89 Å². The van der Waals surface area contributed by atoms with Crippen LogP contribution in [0.3, 0.4) is 0 Å². The van der Waals surface area contributed by atoms with Gasteiger partial charge in [0.2, 0.25) is 0 Å². The normalized spacial score (nSPS) is 31.5. The zero-order chi connectivity index (χ0) is 17.4. The summed E-state index contributed by atoms with van der Waals surface area (Å²) < 4.78 is 5.91. The van der Waals surface area contributed by atoms with E-state index in [1.807, 2.05) is 25.1 Å². The van der Waals surface area contributed by atoms with E-state index in [9.17, 15) is 10.2 Å². The molecule has 0 saturated carbocycles. The van der Waals surface area contributed by atoms with E-state index in [2.05, 4.69) is 31.2 Å². The second kappa shape index (κ2) is 6.81. The topological polar surface area (TPSA) is 68.5 Å². The van der Waals surface area contributed by atoms with E-state index < -0.39 is 31.4 Å². The Hall–Kier alpha value is -1.07. The van der Waals surface area contributed by atoms with Crippen molar-refractivity contribution in [1.29, 1.82) is 0 Å². The largest absolute Gasteiger partial charge is 0.388 e. The first kappa shape index (κ1) is 18.3. The minimum Gasteiger partial charge on any atom is -0.388 e. The van der Waals surface area contributed by atoms with Crippen LogP contribution in [-0.4, -0.2) is 90.3 Å². The smallest absolute Gasteiger partial charge is 0.164 e. The van der Waals surface area contributed by atoms with Gasteiger partial charge in [-0.3, -0.25) is 0 Å². The van der Waals surface area contributed by atoms with Gasteiger partial charge in [-0.1, -0.05) is 6.58 Å². The molecule has 23 heavy (non-hydrogen) atoms. The summed E-state index contributed by atoms with van der Waals surface area (Å²) in [6.45, 7) is 7.03. The average molecular weight is 341 g/mol. The van der Waals surface area contributed by atoms with Gasteiger partial charge in [-0.05, 0) is 32.0 Å². The van der Waals surface area contributed by atoms with Crippen LogP contribution in [0.2, 0.25) is 0 Å². The van der Waals surface area contributed by atoms with Gasteiger partial charge in [-0.15, -0.1) is 13.2 Å². The van der Waals surface area contributed by atoms with E-state index in [1.54, 1.807) is 11.1 Å². The minimum absolute atomic E-state index is 0.392. The fraction of sp³-hybridized carbons (Fsp3) is 0.625. The van der Waals surface area contributed by atoms with Gasteiger partial charge in [0.25, 0.3) is 0 Å². The quantitative estimate of drug-likeness (QED) is 0.740. The second-order valence-electron chi connectivity index (χ2n) is 7.00. The summed E-state index contributed by atoms with van der Waals surface area (Å²) in [7, 11) is 3.80. The van der Waals surface area contributed by atoms with Crippen LogP contribution in [0, 0.1) is 0 Å². The van der Waals surface area contributed by atoms with Crippen LogP contribution in [0.1, 0.15) is 6.42 Å². The number of aliphatic hydroxyl groups excluding tert-OH is 2. The van der Waals surface area contributed by atoms with Crippen molar-refractivity contribution in [1.82, 2.24) is 9.80 Å². The number of amidine groups is 1. The Morgan fingerprint density at radius 3 is 2.52 bits per heavy atom. The average Bonchev–Trinajstić information content (AvgIpc) is 2.72. The Bertz CT molecular complexity index is 567. The van der Waals surface area contributed by atoms with E-state index in [0.717, 1.165) is 12.0 Å². The molecule has 4 atom stereocenters. The first-order chi connectivity index (χ1) is 10.6. The maximum absolute atomic E-state index is 10.3. The molecule has 0 radical (unpaired) electrons. The SMILES string of the molecule is C=C1N=C(N(C)C)C=CN1[C@@H]1OC(CCP(=C)(C)C)[C@@H](O)[C@H]1O. The number of aliphatic hydroxyl groups is 2. The Balaban J connectivity index is 2.06. The van der Waals surface area contributed by atoms with Crippen LogP contribution in [0.4, 0.5) is 0 Å². The Morgan fingerprint density at radius 1 is 1.35 bits per heavy atom. The molecule has 0 aromatic rings. The summed E-state index contributed by atoms with van der Waals surface area (Å²) in [6, 6.07) is 0. The number of ether oxygens (including phenoxy) is 1. The van der Waals surface area contributed by atoms with Gasteiger partial charge in [0.1, 0.15) is 23.9 Å². The molecule has 1 fully saturated rings. The Labute approximate surface area is 138 Å². The summed E-state index contributed by atoms with van der Waals surface area (Å²) in [4.78, 5) is 7.94. The molecule has 2 N–H and O–H groups in total. The van der Waals surface area contributed by atoms with Crippen molar-refractivity contribution in [3.8, 4) is 0 Å². The van der Waals surface area contributed by atoms with Crippen LogP contribution in [0.5, 0.6) is 0 Å². The van der Waals surface area contributed by atoms with Crippen molar-refractivity contribution in [3.05, 3.63) is 24.7 Å². The maximum atomic E-state index is 10.3. The predicted octanol–water partition coefficient (Wildman–Crippen LogP) is 0.793. The van der Waals surface area contributed by atoms with Crippen LogP contribution in [0.25, 0.3) is 0 Å². The molecule has 0 bridgehead atoms. The standard InChI is InChI=1S/C16H28N3O3P/c1-11-17-13(18(2)3)7-9-19(11)16-15(21)14(20)12(22-16)8-10-23(4,5)6/h7,9,12,14-16,20-21H,1,4,8,10H2,2-3,5-6H3/t12?,14-,15-,16-/m1/s1. The lowest BCUT2D eigenvalue weighted by molar-refractivity contribution is -0.0578. The molecule has 0 amide bonds. The van der Waals surface area contributed by atoms with Crippen molar-refractivity contribution in [2.75, 3.05) is 33.6 Å². The first-order valence-corrected chi connectivity index (χ1v) is 10.8. The van der Waals surface area contributed by atoms with Gasteiger partial charge in [0, 0.05) is 20.3 Å². The molecule has 1 saturated heterocycles. The zero-order valence-electron chi connectivity index (χ0n) is 14.4. The lowest BCUT2D eigenvalue weighted by atomic mass is 10.1. The minimum atomic E-state index is -1.19. The molecular formula is C16H28N3O3P. The lowest BCUT2D eigenvalue weighted by Gasteiger charge is -2.32. The van der Waals surface area contributed by atoms with Gasteiger partial charge in [-0.25, -0.2) is 4.99 Å². The van der Waals surface area contributed by atoms with Gasteiger partial charge < -0.3 is 24.7 Å². The molecule has 2 heterocycles. The highest BCUT2D eigenvalue weighted by atomic mass is 31.2. The summed E-state index contributed by atoms with van der Waals surface area (Å²) in [5.74, 6) is 1.26. The van der Waals surface area contributed by atoms with E-state index in [-0.39, 0.29) is 0 Å². The molecule has 6 nitrogen and oxygen atoms in total. The lowest BCUT2D eigenvalue weighted by Crippen LogP contribution is -2.42. The number of hydrogen-bond acceptors (Lipinski definition) is 6. The maximum Gasteiger partial charge on any atom is 0.164 e. The van der Waals surface area contributed by atoms with Gasteiger partial charge >= 0.3 is 0 Å². The molecule has 0 aromatic heterocycles. The summed E-state index contributed by atoms with van der Waals surface area (Å²) in [6.07, 6.45) is 6.42. The molecule has 130 valence electrons. The molecule has 2 rings (SSSR count). The van der Waals surface area contributed by atoms with Gasteiger partial charge in [0.15, 0.2) is 6.23 Å². The Morgan fingerprint density at radius 2 is 2.00 bits per heavy atom. The monoisotopic (exact) mass is 341 g/mol.